The van der Waals surface area contributed by atoms with Gasteiger partial charge in [0.05, 0.1) is 12.7 Å². The molecular formula is C23H36O5Si. The van der Waals surface area contributed by atoms with Crippen molar-refractivity contribution in [3.05, 3.63) is 35.9 Å². The first-order valence-corrected chi connectivity index (χ1v) is 12.5. The van der Waals surface area contributed by atoms with E-state index in [1.165, 1.54) is 18.9 Å². The standard InChI is InChI=1S/C23H36O5Si/c1-3-4-5-15-27-20-10-6-18(7-11-20)9-13-23(25)28-22-12-8-19(17-21(22)24)14-16-29-26-2/h6-7,9-11,13,19,21-22,24H,3-5,8,12,14-17,29H2,1-2H3. The summed E-state index contributed by atoms with van der Waals surface area (Å²) in [6.07, 6.45) is 9.15. The van der Waals surface area contributed by atoms with Crippen LogP contribution in [0.3, 0.4) is 0 Å². The van der Waals surface area contributed by atoms with Crippen molar-refractivity contribution in [3.63, 3.8) is 0 Å². The van der Waals surface area contributed by atoms with Crippen LogP contribution in [-0.2, 0) is 14.0 Å². The predicted molar refractivity (Wildman–Crippen MR) is 119 cm³/mol. The van der Waals surface area contributed by atoms with Crippen LogP contribution in [0.5, 0.6) is 5.75 Å². The van der Waals surface area contributed by atoms with Gasteiger partial charge >= 0.3 is 5.97 Å². The van der Waals surface area contributed by atoms with Crippen LogP contribution in [0.4, 0.5) is 0 Å². The molecule has 3 atom stereocenters. The number of aliphatic hydroxyl groups is 1. The lowest BCUT2D eigenvalue weighted by Gasteiger charge is -2.32. The van der Waals surface area contributed by atoms with Gasteiger partial charge < -0.3 is 19.0 Å². The van der Waals surface area contributed by atoms with Gasteiger partial charge in [0.15, 0.2) is 9.76 Å². The summed E-state index contributed by atoms with van der Waals surface area (Å²) < 4.78 is 16.4. The van der Waals surface area contributed by atoms with Gasteiger partial charge in [-0.2, -0.15) is 0 Å². The van der Waals surface area contributed by atoms with Crippen molar-refractivity contribution in [2.75, 3.05) is 13.7 Å². The summed E-state index contributed by atoms with van der Waals surface area (Å²) in [6.45, 7) is 2.90. The maximum Gasteiger partial charge on any atom is 0.331 e. The third-order valence-electron chi connectivity index (χ3n) is 5.40. The minimum atomic E-state index is -0.570. The fraction of sp³-hybridized carbons (Fsp3) is 0.609. The topological polar surface area (TPSA) is 65.0 Å². The Morgan fingerprint density at radius 2 is 2.03 bits per heavy atom. The smallest absolute Gasteiger partial charge is 0.331 e. The van der Waals surface area contributed by atoms with Crippen molar-refractivity contribution >= 4 is 21.8 Å². The van der Waals surface area contributed by atoms with Crippen molar-refractivity contribution in [3.8, 4) is 5.75 Å². The Labute approximate surface area is 177 Å². The minimum absolute atomic E-state index is 0.398. The van der Waals surface area contributed by atoms with Crippen LogP contribution < -0.4 is 4.74 Å². The molecule has 1 aliphatic rings. The molecule has 1 aromatic carbocycles. The molecule has 0 heterocycles. The lowest BCUT2D eigenvalue weighted by Crippen LogP contribution is -2.37. The lowest BCUT2D eigenvalue weighted by atomic mass is 9.84. The lowest BCUT2D eigenvalue weighted by molar-refractivity contribution is -0.152. The summed E-state index contributed by atoms with van der Waals surface area (Å²) >= 11 is 0. The molecule has 1 fully saturated rings. The highest BCUT2D eigenvalue weighted by Crippen LogP contribution is 2.30. The SMILES string of the molecule is CCCCCOc1ccc(C=CC(=O)OC2CCC(CC[SiH2]OC)CC2O)cc1. The molecule has 0 saturated heterocycles. The summed E-state index contributed by atoms with van der Waals surface area (Å²) in [6, 6.07) is 8.80. The van der Waals surface area contributed by atoms with E-state index in [2.05, 4.69) is 6.92 Å². The Balaban J connectivity index is 1.72. The molecule has 3 unspecified atom stereocenters. The number of ether oxygens (including phenoxy) is 2. The number of hydrogen-bond acceptors (Lipinski definition) is 5. The second-order valence-electron chi connectivity index (χ2n) is 7.81. The third-order valence-corrected chi connectivity index (χ3v) is 6.51. The summed E-state index contributed by atoms with van der Waals surface area (Å²) in [5.41, 5.74) is 0.912. The molecule has 0 radical (unpaired) electrons. The highest BCUT2D eigenvalue weighted by molar-refractivity contribution is 6.26. The highest BCUT2D eigenvalue weighted by Gasteiger charge is 2.31. The average Bonchev–Trinajstić information content (AvgIpc) is 2.73. The number of hydrogen-bond donors (Lipinski definition) is 1. The van der Waals surface area contributed by atoms with Gasteiger partial charge in [-0.05, 0) is 61.4 Å². The van der Waals surface area contributed by atoms with E-state index in [1.807, 2.05) is 24.3 Å². The molecular weight excluding hydrogens is 384 g/mol. The van der Waals surface area contributed by atoms with E-state index in [0.717, 1.165) is 49.6 Å². The van der Waals surface area contributed by atoms with E-state index < -0.39 is 27.9 Å². The van der Waals surface area contributed by atoms with E-state index in [0.29, 0.717) is 12.3 Å². The number of rotatable bonds is 12. The molecule has 2 rings (SSSR count). The Morgan fingerprint density at radius 3 is 2.72 bits per heavy atom. The first-order chi connectivity index (χ1) is 14.1. The van der Waals surface area contributed by atoms with Crippen LogP contribution >= 0.6 is 0 Å². The van der Waals surface area contributed by atoms with Gasteiger partial charge in [-0.25, -0.2) is 4.79 Å². The van der Waals surface area contributed by atoms with E-state index >= 15 is 0 Å². The summed E-state index contributed by atoms with van der Waals surface area (Å²) in [5.74, 6) is 0.953. The molecule has 1 aromatic rings. The Kier molecular flexibility index (Phi) is 11.1. The van der Waals surface area contributed by atoms with E-state index in [4.69, 9.17) is 13.9 Å². The zero-order valence-electron chi connectivity index (χ0n) is 17.8. The van der Waals surface area contributed by atoms with Crippen molar-refractivity contribution in [2.24, 2.45) is 5.92 Å². The summed E-state index contributed by atoms with van der Waals surface area (Å²) in [7, 11) is 1.37. The highest BCUT2D eigenvalue weighted by atomic mass is 28.2. The second-order valence-corrected chi connectivity index (χ2v) is 9.51. The molecule has 6 heteroatoms. The second kappa shape index (κ2) is 13.6. The Morgan fingerprint density at radius 1 is 1.24 bits per heavy atom. The molecule has 0 aromatic heterocycles. The Bertz CT molecular complexity index is 616. The van der Waals surface area contributed by atoms with Crippen LogP contribution in [0.15, 0.2) is 30.3 Å². The molecule has 0 bridgehead atoms. The Hall–Kier alpha value is -1.63. The summed E-state index contributed by atoms with van der Waals surface area (Å²) in [4.78, 5) is 12.1. The van der Waals surface area contributed by atoms with Gasteiger partial charge in [0.2, 0.25) is 0 Å². The molecule has 1 aliphatic carbocycles. The molecule has 0 aliphatic heterocycles. The van der Waals surface area contributed by atoms with Crippen LogP contribution in [0.1, 0.15) is 57.4 Å². The number of benzene rings is 1. The predicted octanol–water partition coefficient (Wildman–Crippen LogP) is 3.88. The molecule has 1 saturated carbocycles. The average molecular weight is 421 g/mol. The van der Waals surface area contributed by atoms with Crippen molar-refractivity contribution in [1.82, 2.24) is 0 Å². The minimum Gasteiger partial charge on any atom is -0.494 e. The third kappa shape index (κ3) is 9.15. The first-order valence-electron chi connectivity index (χ1n) is 10.9. The van der Waals surface area contributed by atoms with Crippen LogP contribution in [0, 0.1) is 5.92 Å². The normalized spacial score (nSPS) is 22.4. The largest absolute Gasteiger partial charge is 0.494 e. The van der Waals surface area contributed by atoms with Gasteiger partial charge in [-0.1, -0.05) is 38.3 Å². The molecule has 0 amide bonds. The van der Waals surface area contributed by atoms with Gasteiger partial charge in [-0.15, -0.1) is 0 Å². The van der Waals surface area contributed by atoms with E-state index in [9.17, 15) is 9.90 Å². The van der Waals surface area contributed by atoms with Gasteiger partial charge in [0.1, 0.15) is 11.9 Å². The van der Waals surface area contributed by atoms with Crippen LogP contribution in [0.2, 0.25) is 6.04 Å². The van der Waals surface area contributed by atoms with E-state index in [1.54, 1.807) is 13.2 Å². The first kappa shape index (κ1) is 23.6. The van der Waals surface area contributed by atoms with Crippen molar-refractivity contribution in [1.29, 1.82) is 0 Å². The number of carbonyl (C=O) groups is 1. The maximum atomic E-state index is 12.1. The fourth-order valence-corrected chi connectivity index (χ4v) is 4.72. The van der Waals surface area contributed by atoms with Crippen LogP contribution in [0.25, 0.3) is 6.08 Å². The van der Waals surface area contributed by atoms with E-state index in [-0.39, 0.29) is 0 Å². The number of unbranched alkanes of at least 4 members (excludes halogenated alkanes) is 2. The fourth-order valence-electron chi connectivity index (χ4n) is 3.69. The van der Waals surface area contributed by atoms with Crippen LogP contribution in [-0.4, -0.2) is 46.8 Å². The molecule has 0 spiro atoms. The number of aliphatic hydroxyl groups excluding tert-OH is 1. The monoisotopic (exact) mass is 420 g/mol. The van der Waals surface area contributed by atoms with Gasteiger partial charge in [-0.3, -0.25) is 0 Å². The van der Waals surface area contributed by atoms with Gasteiger partial charge in [0.25, 0.3) is 0 Å². The van der Waals surface area contributed by atoms with Crippen molar-refractivity contribution in [2.45, 2.75) is 70.1 Å². The maximum absolute atomic E-state index is 12.1. The molecule has 5 nitrogen and oxygen atoms in total. The zero-order chi connectivity index (χ0) is 20.9. The number of esters is 1. The zero-order valence-corrected chi connectivity index (χ0v) is 19.3. The summed E-state index contributed by atoms with van der Waals surface area (Å²) in [5, 5.41) is 10.3. The molecule has 162 valence electrons. The number of carbonyl (C=O) groups excluding carboxylic acids is 1. The molecule has 1 N–H and O–H groups in total. The quantitative estimate of drug-likeness (QED) is 0.241. The van der Waals surface area contributed by atoms with Gasteiger partial charge in [0, 0.05) is 13.2 Å². The van der Waals surface area contributed by atoms with Crippen molar-refractivity contribution < 1.29 is 23.8 Å². The molecule has 29 heavy (non-hydrogen) atoms.